The zero-order valence-electron chi connectivity index (χ0n) is 15.1. The third kappa shape index (κ3) is 2.66. The number of nitrogens with zero attached hydrogens (tertiary/aromatic N) is 3. The Labute approximate surface area is 155 Å². The van der Waals surface area contributed by atoms with Crippen molar-refractivity contribution in [2.24, 2.45) is 0 Å². The molecule has 2 N–H and O–H groups in total. The lowest BCUT2D eigenvalue weighted by Crippen LogP contribution is -2.01. The van der Waals surface area contributed by atoms with Crippen molar-refractivity contribution in [1.82, 2.24) is 14.5 Å². The zero-order valence-corrected chi connectivity index (χ0v) is 15.1. The van der Waals surface area contributed by atoms with E-state index in [4.69, 9.17) is 24.6 Å². The molecule has 0 bridgehead atoms. The molecule has 0 radical (unpaired) electrons. The Hall–Kier alpha value is -3.22. The average molecular weight is 364 g/mol. The number of imidazole rings is 1. The highest BCUT2D eigenvalue weighted by Gasteiger charge is 2.21. The van der Waals surface area contributed by atoms with Gasteiger partial charge in [0.15, 0.2) is 5.58 Å². The minimum absolute atomic E-state index is 0.168. The van der Waals surface area contributed by atoms with Crippen LogP contribution < -0.4 is 15.2 Å². The zero-order chi connectivity index (χ0) is 18.4. The van der Waals surface area contributed by atoms with Crippen molar-refractivity contribution in [1.29, 1.82) is 0 Å². The van der Waals surface area contributed by atoms with E-state index in [1.165, 1.54) is 0 Å². The molecule has 0 unspecified atom stereocenters. The number of oxazole rings is 1. The van der Waals surface area contributed by atoms with E-state index in [2.05, 4.69) is 16.5 Å². The monoisotopic (exact) mass is 364 g/mol. The number of aryl methyl sites for hydroxylation is 1. The Bertz CT molecular complexity index is 1150. The van der Waals surface area contributed by atoms with Crippen LogP contribution in [0.3, 0.4) is 0 Å². The van der Waals surface area contributed by atoms with Gasteiger partial charge in [-0.1, -0.05) is 6.92 Å². The second-order valence-electron chi connectivity index (χ2n) is 6.66. The predicted molar refractivity (Wildman–Crippen MR) is 103 cm³/mol. The van der Waals surface area contributed by atoms with E-state index in [0.29, 0.717) is 18.8 Å². The molecule has 0 atom stereocenters. The number of hydrogen-bond acceptors (Lipinski definition) is 6. The van der Waals surface area contributed by atoms with E-state index >= 15 is 0 Å². The summed E-state index contributed by atoms with van der Waals surface area (Å²) in [6, 6.07) is 9.94. The first-order chi connectivity index (χ1) is 13.2. The Morgan fingerprint density at radius 3 is 3.00 bits per heavy atom. The van der Waals surface area contributed by atoms with Gasteiger partial charge in [-0.3, -0.25) is 0 Å². The fraction of sp³-hybridized carbons (Fsp3) is 0.300. The van der Waals surface area contributed by atoms with Gasteiger partial charge in [-0.05, 0) is 31.0 Å². The molecule has 0 saturated carbocycles. The summed E-state index contributed by atoms with van der Waals surface area (Å²) in [7, 11) is 0. The quantitative estimate of drug-likeness (QED) is 0.589. The number of nitrogen functional groups attached to an aromatic ring is 1. The van der Waals surface area contributed by atoms with Gasteiger partial charge in [0.2, 0.25) is 0 Å². The van der Waals surface area contributed by atoms with E-state index in [1.807, 2.05) is 30.3 Å². The van der Waals surface area contributed by atoms with Crippen LogP contribution in [0.25, 0.3) is 33.5 Å². The molecular weight excluding hydrogens is 344 g/mol. The second kappa shape index (κ2) is 6.19. The number of aromatic nitrogens is 3. The minimum atomic E-state index is 0.168. The Morgan fingerprint density at radius 1 is 1.19 bits per heavy atom. The number of nitrogens with two attached hydrogens (primary N) is 1. The van der Waals surface area contributed by atoms with Gasteiger partial charge in [0.1, 0.15) is 28.4 Å². The molecule has 3 heterocycles. The van der Waals surface area contributed by atoms with Crippen molar-refractivity contribution in [3.63, 3.8) is 0 Å². The van der Waals surface area contributed by atoms with Crippen LogP contribution in [0.4, 0.5) is 6.01 Å². The Kier molecular flexibility index (Phi) is 3.67. The molecule has 7 nitrogen and oxygen atoms in total. The fourth-order valence-electron chi connectivity index (χ4n) is 3.55. The lowest BCUT2D eigenvalue weighted by molar-refractivity contribution is 0.302. The van der Waals surface area contributed by atoms with E-state index in [0.717, 1.165) is 58.8 Å². The molecule has 138 valence electrons. The van der Waals surface area contributed by atoms with Gasteiger partial charge < -0.3 is 24.2 Å². The summed E-state index contributed by atoms with van der Waals surface area (Å²) >= 11 is 0. The highest BCUT2D eigenvalue weighted by molar-refractivity contribution is 5.89. The van der Waals surface area contributed by atoms with E-state index in [9.17, 15) is 0 Å². The maximum Gasteiger partial charge on any atom is 0.292 e. The minimum Gasteiger partial charge on any atom is -0.493 e. The summed E-state index contributed by atoms with van der Waals surface area (Å²) in [5.41, 5.74) is 9.91. The predicted octanol–water partition coefficient (Wildman–Crippen LogP) is 4.00. The summed E-state index contributed by atoms with van der Waals surface area (Å²) in [6.45, 7) is 4.27. The number of anilines is 1. The van der Waals surface area contributed by atoms with Crippen LogP contribution >= 0.6 is 0 Å². The molecule has 2 aromatic carbocycles. The van der Waals surface area contributed by atoms with E-state index in [1.54, 1.807) is 0 Å². The molecule has 0 saturated heterocycles. The largest absolute Gasteiger partial charge is 0.493 e. The first kappa shape index (κ1) is 16.0. The van der Waals surface area contributed by atoms with Gasteiger partial charge in [-0.2, -0.15) is 4.98 Å². The molecular formula is C20H20N4O3. The summed E-state index contributed by atoms with van der Waals surface area (Å²) in [5, 5.41) is 0. The smallest absolute Gasteiger partial charge is 0.292 e. The first-order valence-electron chi connectivity index (χ1n) is 9.19. The molecule has 1 aliphatic heterocycles. The fourth-order valence-corrected chi connectivity index (χ4v) is 3.55. The molecule has 0 aliphatic carbocycles. The van der Waals surface area contributed by atoms with Crippen LogP contribution in [0.2, 0.25) is 0 Å². The molecule has 0 fully saturated rings. The molecule has 4 aromatic rings. The Morgan fingerprint density at radius 2 is 2.11 bits per heavy atom. The summed E-state index contributed by atoms with van der Waals surface area (Å²) < 4.78 is 19.4. The maximum absolute atomic E-state index is 5.98. The maximum atomic E-state index is 5.98. The third-order valence-corrected chi connectivity index (χ3v) is 4.70. The molecule has 2 aromatic heterocycles. The highest BCUT2D eigenvalue weighted by atomic mass is 16.5. The number of hydrogen-bond donors (Lipinski definition) is 1. The van der Waals surface area contributed by atoms with Crippen molar-refractivity contribution < 1.29 is 13.9 Å². The van der Waals surface area contributed by atoms with Crippen LogP contribution in [-0.2, 0) is 6.54 Å². The third-order valence-electron chi connectivity index (χ3n) is 4.70. The van der Waals surface area contributed by atoms with Gasteiger partial charge >= 0.3 is 0 Å². The molecule has 27 heavy (non-hydrogen) atoms. The lowest BCUT2D eigenvalue weighted by atomic mass is 10.2. The molecule has 7 heteroatoms. The summed E-state index contributed by atoms with van der Waals surface area (Å²) in [4.78, 5) is 9.13. The first-order valence-corrected chi connectivity index (χ1v) is 9.19. The van der Waals surface area contributed by atoms with Crippen LogP contribution in [0.1, 0.15) is 19.8 Å². The van der Waals surface area contributed by atoms with Gasteiger partial charge in [-0.15, -0.1) is 0 Å². The van der Waals surface area contributed by atoms with Gasteiger partial charge in [-0.25, -0.2) is 4.98 Å². The summed E-state index contributed by atoms with van der Waals surface area (Å²) in [6.07, 6.45) is 1.87. The van der Waals surface area contributed by atoms with Crippen LogP contribution in [0, 0.1) is 0 Å². The van der Waals surface area contributed by atoms with Gasteiger partial charge in [0, 0.05) is 24.2 Å². The van der Waals surface area contributed by atoms with E-state index < -0.39 is 0 Å². The molecule has 0 amide bonds. The number of ether oxygens (including phenoxy) is 2. The van der Waals surface area contributed by atoms with Crippen molar-refractivity contribution in [2.75, 3.05) is 18.9 Å². The van der Waals surface area contributed by atoms with E-state index in [-0.39, 0.29) is 6.01 Å². The summed E-state index contributed by atoms with van der Waals surface area (Å²) in [5.74, 6) is 2.49. The highest BCUT2D eigenvalue weighted by Crippen LogP contribution is 2.37. The van der Waals surface area contributed by atoms with Crippen LogP contribution in [0.15, 0.2) is 34.7 Å². The molecule has 1 aliphatic rings. The Balaban J connectivity index is 1.69. The lowest BCUT2D eigenvalue weighted by Gasteiger charge is -2.09. The average Bonchev–Trinajstić information content (AvgIpc) is 3.14. The molecule has 0 spiro atoms. The van der Waals surface area contributed by atoms with Crippen LogP contribution in [-0.4, -0.2) is 27.7 Å². The van der Waals surface area contributed by atoms with Gasteiger partial charge in [0.25, 0.3) is 6.01 Å². The van der Waals surface area contributed by atoms with Crippen molar-refractivity contribution in [2.45, 2.75) is 26.3 Å². The second-order valence-corrected chi connectivity index (χ2v) is 6.66. The number of rotatable bonds is 4. The number of fused-ring (bicyclic) bond motifs is 1. The van der Waals surface area contributed by atoms with Crippen molar-refractivity contribution >= 4 is 28.1 Å². The normalized spacial score (nSPS) is 13.7. The topological polar surface area (TPSA) is 88.3 Å². The molecule has 5 rings (SSSR count). The van der Waals surface area contributed by atoms with Crippen molar-refractivity contribution in [3.8, 4) is 22.9 Å². The van der Waals surface area contributed by atoms with Gasteiger partial charge in [0.05, 0.1) is 18.7 Å². The van der Waals surface area contributed by atoms with Crippen molar-refractivity contribution in [3.05, 3.63) is 30.3 Å². The van der Waals surface area contributed by atoms with Crippen LogP contribution in [0.5, 0.6) is 11.5 Å². The number of benzene rings is 2. The standard InChI is InChI=1S/C20H20N4O3/c1-2-7-25-13-10-15-18-17(11-13)26-8-3-6-24(18)19(22-15)12-4-5-16-14(9-12)23-20(21)27-16/h4-5,9-11H,2-3,6-8H2,1H3,(H2,21,23). The SMILES string of the molecule is CCCOc1cc2c3c(c1)nc(-c1ccc4oc(N)nc4c1)n3CCCO2.